The second-order valence-corrected chi connectivity index (χ2v) is 4.94. The molecule has 0 spiro atoms. The van der Waals surface area contributed by atoms with Crippen LogP contribution in [-0.4, -0.2) is 12.0 Å². The summed E-state index contributed by atoms with van der Waals surface area (Å²) in [5, 5.41) is 4.13. The third kappa shape index (κ3) is 3.60. The first-order chi connectivity index (χ1) is 9.10. The molecule has 3 nitrogen and oxygen atoms in total. The highest BCUT2D eigenvalue weighted by atomic mass is 35.5. The fourth-order valence-corrected chi connectivity index (χ4v) is 2.12. The number of nitrogens with one attached hydrogen (secondary N) is 1. The number of aromatic nitrogens is 1. The number of halogens is 2. The minimum Gasteiger partial charge on any atom is -0.437 e. The molecule has 100 valence electrons. The number of rotatable bonds is 4. The lowest BCUT2D eigenvalue weighted by molar-refractivity contribution is 0.461. The predicted octanol–water partition coefficient (Wildman–Crippen LogP) is 4.21. The van der Waals surface area contributed by atoms with Crippen molar-refractivity contribution < 1.29 is 4.74 Å². The highest BCUT2D eigenvalue weighted by molar-refractivity contribution is 6.35. The van der Waals surface area contributed by atoms with E-state index in [-0.39, 0.29) is 0 Å². The van der Waals surface area contributed by atoms with Crippen molar-refractivity contribution in [3.63, 3.8) is 0 Å². The van der Waals surface area contributed by atoms with Crippen molar-refractivity contribution in [2.75, 3.05) is 7.05 Å². The Kier molecular flexibility index (Phi) is 4.64. The van der Waals surface area contributed by atoms with Gasteiger partial charge >= 0.3 is 0 Å². The summed E-state index contributed by atoms with van der Waals surface area (Å²) in [4.78, 5) is 4.40. The first kappa shape index (κ1) is 14.1. The van der Waals surface area contributed by atoms with Gasteiger partial charge in [-0.05, 0) is 37.7 Å². The molecule has 0 saturated carbocycles. The summed E-state index contributed by atoms with van der Waals surface area (Å²) in [5.74, 6) is 1.06. The maximum Gasteiger partial charge on any atom is 0.219 e. The maximum absolute atomic E-state index is 6.05. The molecule has 2 rings (SSSR count). The summed E-state index contributed by atoms with van der Waals surface area (Å²) < 4.78 is 5.66. The van der Waals surface area contributed by atoms with Crippen molar-refractivity contribution in [1.82, 2.24) is 10.3 Å². The molecule has 0 unspecified atom stereocenters. The van der Waals surface area contributed by atoms with Crippen molar-refractivity contribution in [3.05, 3.63) is 51.6 Å². The average Bonchev–Trinajstić information content (AvgIpc) is 2.36. The van der Waals surface area contributed by atoms with E-state index in [0.717, 1.165) is 17.8 Å². The number of aryl methyl sites for hydroxylation is 1. The zero-order valence-electron chi connectivity index (χ0n) is 10.7. The summed E-state index contributed by atoms with van der Waals surface area (Å²) in [6, 6.07) is 8.90. The number of ether oxygens (including phenoxy) is 1. The Morgan fingerprint density at radius 2 is 2.00 bits per heavy atom. The lowest BCUT2D eigenvalue weighted by atomic mass is 10.2. The van der Waals surface area contributed by atoms with Crippen LogP contribution >= 0.6 is 23.2 Å². The highest BCUT2D eigenvalue weighted by Gasteiger charge is 2.06. The van der Waals surface area contributed by atoms with Crippen LogP contribution in [0.3, 0.4) is 0 Å². The summed E-state index contributed by atoms with van der Waals surface area (Å²) in [5.41, 5.74) is 2.06. The Bertz CT molecular complexity index is 588. The standard InChI is InChI=1S/C14H14Cl2N2O/c1-9-10(8-17-2)3-6-14(18-9)19-13-5-4-11(15)7-12(13)16/h3-7,17H,8H2,1-2H3. The van der Waals surface area contributed by atoms with Crippen LogP contribution in [0.25, 0.3) is 0 Å². The van der Waals surface area contributed by atoms with E-state index in [1.165, 1.54) is 0 Å². The third-order valence-electron chi connectivity index (χ3n) is 2.65. The van der Waals surface area contributed by atoms with Gasteiger partial charge < -0.3 is 10.1 Å². The minimum atomic E-state index is 0.464. The first-order valence-corrected chi connectivity index (χ1v) is 6.60. The summed E-state index contributed by atoms with van der Waals surface area (Å²) in [6.07, 6.45) is 0. The Balaban J connectivity index is 2.21. The summed E-state index contributed by atoms with van der Waals surface area (Å²) in [7, 11) is 1.90. The van der Waals surface area contributed by atoms with E-state index in [0.29, 0.717) is 21.7 Å². The summed E-state index contributed by atoms with van der Waals surface area (Å²) in [6.45, 7) is 2.73. The molecule has 0 amide bonds. The zero-order chi connectivity index (χ0) is 13.8. The van der Waals surface area contributed by atoms with Crippen molar-refractivity contribution in [1.29, 1.82) is 0 Å². The average molecular weight is 297 g/mol. The van der Waals surface area contributed by atoms with Gasteiger partial charge in [0, 0.05) is 23.3 Å². The largest absolute Gasteiger partial charge is 0.437 e. The van der Waals surface area contributed by atoms with Crippen LogP contribution in [0.15, 0.2) is 30.3 Å². The smallest absolute Gasteiger partial charge is 0.219 e. The van der Waals surface area contributed by atoms with E-state index < -0.39 is 0 Å². The number of hydrogen-bond donors (Lipinski definition) is 1. The number of hydrogen-bond acceptors (Lipinski definition) is 3. The third-order valence-corrected chi connectivity index (χ3v) is 3.18. The number of pyridine rings is 1. The molecule has 0 aliphatic rings. The SMILES string of the molecule is CNCc1ccc(Oc2ccc(Cl)cc2Cl)nc1C. The minimum absolute atomic E-state index is 0.464. The van der Waals surface area contributed by atoms with Gasteiger partial charge in [0.15, 0.2) is 0 Å². The lowest BCUT2D eigenvalue weighted by Crippen LogP contribution is -2.07. The molecular weight excluding hydrogens is 283 g/mol. The van der Waals surface area contributed by atoms with Gasteiger partial charge in [-0.25, -0.2) is 4.98 Å². The topological polar surface area (TPSA) is 34.1 Å². The van der Waals surface area contributed by atoms with Gasteiger partial charge in [0.2, 0.25) is 5.88 Å². The van der Waals surface area contributed by atoms with Crippen molar-refractivity contribution in [2.45, 2.75) is 13.5 Å². The molecule has 0 aliphatic carbocycles. The van der Waals surface area contributed by atoms with Gasteiger partial charge in [-0.1, -0.05) is 29.3 Å². The molecule has 1 aromatic carbocycles. The fraction of sp³-hybridized carbons (Fsp3) is 0.214. The Labute approximate surface area is 122 Å². The molecule has 0 bridgehead atoms. The van der Waals surface area contributed by atoms with Crippen LogP contribution in [0.5, 0.6) is 11.6 Å². The molecule has 1 aromatic heterocycles. The van der Waals surface area contributed by atoms with E-state index in [4.69, 9.17) is 27.9 Å². The van der Waals surface area contributed by atoms with Gasteiger partial charge in [-0.15, -0.1) is 0 Å². The molecule has 0 atom stereocenters. The van der Waals surface area contributed by atoms with Crippen LogP contribution in [-0.2, 0) is 6.54 Å². The van der Waals surface area contributed by atoms with Crippen molar-refractivity contribution in [3.8, 4) is 11.6 Å². The maximum atomic E-state index is 6.05. The molecular formula is C14H14Cl2N2O. The van der Waals surface area contributed by atoms with Gasteiger partial charge in [-0.2, -0.15) is 0 Å². The van der Waals surface area contributed by atoms with Crippen molar-refractivity contribution in [2.24, 2.45) is 0 Å². The van der Waals surface area contributed by atoms with E-state index in [9.17, 15) is 0 Å². The lowest BCUT2D eigenvalue weighted by Gasteiger charge is -2.09. The van der Waals surface area contributed by atoms with E-state index in [1.54, 1.807) is 18.2 Å². The van der Waals surface area contributed by atoms with Crippen LogP contribution in [0, 0.1) is 6.92 Å². The zero-order valence-corrected chi connectivity index (χ0v) is 12.2. The van der Waals surface area contributed by atoms with E-state index >= 15 is 0 Å². The molecule has 0 saturated heterocycles. The second kappa shape index (κ2) is 6.24. The molecule has 19 heavy (non-hydrogen) atoms. The number of benzene rings is 1. The quantitative estimate of drug-likeness (QED) is 0.918. The Morgan fingerprint density at radius 1 is 1.21 bits per heavy atom. The Hall–Kier alpha value is -1.29. The molecule has 0 aliphatic heterocycles. The molecule has 1 heterocycles. The predicted molar refractivity (Wildman–Crippen MR) is 78.3 cm³/mol. The first-order valence-electron chi connectivity index (χ1n) is 5.84. The summed E-state index contributed by atoms with van der Waals surface area (Å²) >= 11 is 11.9. The fourth-order valence-electron chi connectivity index (χ4n) is 1.67. The normalized spacial score (nSPS) is 10.5. The van der Waals surface area contributed by atoms with Crippen LogP contribution in [0.2, 0.25) is 10.0 Å². The molecule has 2 aromatic rings. The van der Waals surface area contributed by atoms with Crippen molar-refractivity contribution >= 4 is 23.2 Å². The van der Waals surface area contributed by atoms with Gasteiger partial charge in [-0.3, -0.25) is 0 Å². The second-order valence-electron chi connectivity index (χ2n) is 4.10. The van der Waals surface area contributed by atoms with E-state index in [1.807, 2.05) is 26.1 Å². The van der Waals surface area contributed by atoms with Crippen LogP contribution < -0.4 is 10.1 Å². The van der Waals surface area contributed by atoms with Crippen LogP contribution in [0.4, 0.5) is 0 Å². The highest BCUT2D eigenvalue weighted by Crippen LogP contribution is 2.31. The van der Waals surface area contributed by atoms with E-state index in [2.05, 4.69) is 10.3 Å². The van der Waals surface area contributed by atoms with Gasteiger partial charge in [0.05, 0.1) is 5.02 Å². The monoisotopic (exact) mass is 296 g/mol. The molecule has 5 heteroatoms. The van der Waals surface area contributed by atoms with Crippen LogP contribution in [0.1, 0.15) is 11.3 Å². The van der Waals surface area contributed by atoms with Gasteiger partial charge in [0.1, 0.15) is 5.75 Å². The molecule has 0 fully saturated rings. The molecule has 1 N–H and O–H groups in total. The Morgan fingerprint density at radius 3 is 2.63 bits per heavy atom. The van der Waals surface area contributed by atoms with Gasteiger partial charge in [0.25, 0.3) is 0 Å². The number of nitrogens with zero attached hydrogens (tertiary/aromatic N) is 1. The molecule has 0 radical (unpaired) electrons.